The first kappa shape index (κ1) is 21.3. The van der Waals surface area contributed by atoms with Crippen LogP contribution < -0.4 is 10.0 Å². The lowest BCUT2D eigenvalue weighted by atomic mass is 9.91. The second-order valence-corrected chi connectivity index (χ2v) is 11.9. The van der Waals surface area contributed by atoms with Crippen LogP contribution in [-0.4, -0.2) is 15.3 Å². The molecule has 4 rings (SSSR count). The second-order valence-electron chi connectivity index (χ2n) is 8.97. The number of amides is 2. The number of fused-ring (bicyclic) bond motifs is 1. The minimum atomic E-state index is -3.52. The molecular formula is C22H29N3O3S2. The van der Waals surface area contributed by atoms with Crippen LogP contribution in [0.15, 0.2) is 27.8 Å². The number of anilines is 1. The normalized spacial score (nSPS) is 19.1. The second kappa shape index (κ2) is 7.66. The number of aryl methyl sites for hydroxylation is 1. The predicted molar refractivity (Wildman–Crippen MR) is 120 cm³/mol. The van der Waals surface area contributed by atoms with Gasteiger partial charge < -0.3 is 10.4 Å². The van der Waals surface area contributed by atoms with Gasteiger partial charge in [-0.05, 0) is 91.5 Å². The molecule has 2 amide bonds. The molecule has 162 valence electrons. The minimum Gasteiger partial charge on any atom is -0.386 e. The van der Waals surface area contributed by atoms with Crippen molar-refractivity contribution in [2.45, 2.75) is 68.6 Å². The van der Waals surface area contributed by atoms with E-state index in [4.69, 9.17) is 4.78 Å². The smallest absolute Gasteiger partial charge is 0.331 e. The van der Waals surface area contributed by atoms with Crippen molar-refractivity contribution in [3.8, 4) is 0 Å². The van der Waals surface area contributed by atoms with Gasteiger partial charge in [-0.1, -0.05) is 19.1 Å². The third-order valence-electron chi connectivity index (χ3n) is 6.17. The molecule has 2 aliphatic rings. The van der Waals surface area contributed by atoms with Gasteiger partial charge in [-0.15, -0.1) is 11.3 Å². The Hall–Kier alpha value is -1.90. The Balaban J connectivity index is 1.57. The molecule has 8 heteroatoms. The van der Waals surface area contributed by atoms with Crippen molar-refractivity contribution in [1.29, 1.82) is 4.78 Å². The van der Waals surface area contributed by atoms with Gasteiger partial charge >= 0.3 is 6.03 Å². The maximum Gasteiger partial charge on any atom is 0.331 e. The largest absolute Gasteiger partial charge is 0.386 e. The van der Waals surface area contributed by atoms with Crippen molar-refractivity contribution in [3.05, 3.63) is 45.8 Å². The van der Waals surface area contributed by atoms with Crippen LogP contribution in [0.3, 0.4) is 0 Å². The van der Waals surface area contributed by atoms with Crippen LogP contribution in [0.1, 0.15) is 68.2 Å². The highest BCUT2D eigenvalue weighted by atomic mass is 32.2. The minimum absolute atomic E-state index is 0.222. The maximum absolute atomic E-state index is 12.9. The van der Waals surface area contributed by atoms with Crippen LogP contribution in [0.25, 0.3) is 0 Å². The van der Waals surface area contributed by atoms with Crippen LogP contribution in [-0.2, 0) is 28.4 Å². The van der Waals surface area contributed by atoms with E-state index in [1.807, 2.05) is 0 Å². The van der Waals surface area contributed by atoms with Gasteiger partial charge in [-0.25, -0.2) is 18.5 Å². The summed E-state index contributed by atoms with van der Waals surface area (Å²) in [7, 11) is -3.52. The molecule has 0 saturated heterocycles. The summed E-state index contributed by atoms with van der Waals surface area (Å²) in [5.41, 5.74) is 3.88. The Kier molecular flexibility index (Phi) is 5.45. The lowest BCUT2D eigenvalue weighted by molar-refractivity contribution is 0.0789. The van der Waals surface area contributed by atoms with Crippen molar-refractivity contribution in [3.63, 3.8) is 0 Å². The van der Waals surface area contributed by atoms with E-state index in [2.05, 4.69) is 29.1 Å². The topological polar surface area (TPSA) is 102 Å². The Morgan fingerprint density at radius 1 is 1.33 bits per heavy atom. The molecule has 0 aliphatic heterocycles. The number of hydrogen-bond acceptors (Lipinski definition) is 5. The van der Waals surface area contributed by atoms with Gasteiger partial charge in [0.2, 0.25) is 0 Å². The van der Waals surface area contributed by atoms with Crippen LogP contribution in [0.5, 0.6) is 0 Å². The van der Waals surface area contributed by atoms with E-state index in [0.29, 0.717) is 17.4 Å². The van der Waals surface area contributed by atoms with Crippen LogP contribution >= 0.6 is 11.3 Å². The van der Waals surface area contributed by atoms with Gasteiger partial charge in [-0.2, -0.15) is 0 Å². The Bertz CT molecular complexity index is 1080. The molecule has 2 aromatic rings. The lowest BCUT2D eigenvalue weighted by Crippen LogP contribution is -2.34. The van der Waals surface area contributed by atoms with Gasteiger partial charge in [0.05, 0.1) is 5.60 Å². The van der Waals surface area contributed by atoms with Crippen molar-refractivity contribution in [1.82, 2.24) is 4.72 Å². The molecule has 1 saturated carbocycles. The average molecular weight is 448 g/mol. The summed E-state index contributed by atoms with van der Waals surface area (Å²) >= 11 is 1.11. The molecule has 2 aliphatic carbocycles. The van der Waals surface area contributed by atoms with Gasteiger partial charge in [0.25, 0.3) is 0 Å². The highest BCUT2D eigenvalue weighted by Gasteiger charge is 2.32. The molecule has 1 aromatic carbocycles. The number of carbonyl (C=O) groups is 1. The number of rotatable bonds is 6. The fourth-order valence-corrected chi connectivity index (χ4v) is 6.48. The van der Waals surface area contributed by atoms with Crippen molar-refractivity contribution in [2.75, 3.05) is 5.32 Å². The zero-order valence-electron chi connectivity index (χ0n) is 17.6. The molecular weight excluding hydrogens is 418 g/mol. The standard InChI is InChI=1S/C22H29N3O3S2/c1-13(14-7-8-14)17-10-9-15-5-4-6-18(15)20(17)24-21(26)25-30(23,28)19-11-16(12-29-19)22(2,3)27/h9-14,27H,4-8H2,1-3H3,(H3,23,24,25,26,28)/t13-,30+/m0/s1. The summed E-state index contributed by atoms with van der Waals surface area (Å²) in [6.07, 6.45) is 5.43. The fourth-order valence-electron chi connectivity index (χ4n) is 4.17. The Morgan fingerprint density at radius 3 is 2.70 bits per heavy atom. The van der Waals surface area contributed by atoms with Gasteiger partial charge in [0.15, 0.2) is 9.92 Å². The molecule has 0 unspecified atom stereocenters. The molecule has 2 atom stereocenters. The molecule has 6 nitrogen and oxygen atoms in total. The Labute approximate surface area is 182 Å². The molecule has 0 spiro atoms. The third kappa shape index (κ3) is 4.26. The summed E-state index contributed by atoms with van der Waals surface area (Å²) < 4.78 is 23.7. The lowest BCUT2D eigenvalue weighted by Gasteiger charge is -2.21. The summed E-state index contributed by atoms with van der Waals surface area (Å²) in [4.78, 5) is 12.8. The number of nitrogens with one attached hydrogen (secondary N) is 3. The molecule has 4 N–H and O–H groups in total. The summed E-state index contributed by atoms with van der Waals surface area (Å²) in [6.45, 7) is 5.46. The zero-order valence-corrected chi connectivity index (χ0v) is 19.2. The highest BCUT2D eigenvalue weighted by molar-refractivity contribution is 7.93. The maximum atomic E-state index is 12.9. The number of urea groups is 1. The van der Waals surface area contributed by atoms with Crippen molar-refractivity contribution < 1.29 is 14.1 Å². The number of aliphatic hydroxyl groups is 1. The number of benzene rings is 1. The number of hydrogen-bond donors (Lipinski definition) is 4. The highest BCUT2D eigenvalue weighted by Crippen LogP contribution is 2.46. The van der Waals surface area contributed by atoms with E-state index >= 15 is 0 Å². The van der Waals surface area contributed by atoms with E-state index in [9.17, 15) is 14.1 Å². The predicted octanol–water partition coefficient (Wildman–Crippen LogP) is 5.12. The van der Waals surface area contributed by atoms with Crippen LogP contribution in [0.2, 0.25) is 0 Å². The van der Waals surface area contributed by atoms with E-state index in [-0.39, 0.29) is 4.21 Å². The SMILES string of the molecule is C[C@H](c1ccc2c(c1NC(=O)N[S@@](=N)(=O)c1cc(C(C)(C)O)cs1)CCC2)C1CC1. The average Bonchev–Trinajstić information content (AvgIpc) is 3.16. The monoisotopic (exact) mass is 447 g/mol. The molecule has 1 fully saturated rings. The quantitative estimate of drug-likeness (QED) is 0.494. The van der Waals surface area contributed by atoms with E-state index in [1.54, 1.807) is 19.2 Å². The first-order valence-electron chi connectivity index (χ1n) is 10.4. The van der Waals surface area contributed by atoms with Crippen LogP contribution in [0.4, 0.5) is 10.5 Å². The van der Waals surface area contributed by atoms with Gasteiger partial charge in [0, 0.05) is 5.69 Å². The zero-order chi connectivity index (χ0) is 21.7. The fraction of sp³-hybridized carbons (Fsp3) is 0.500. The van der Waals surface area contributed by atoms with Crippen molar-refractivity contribution in [2.24, 2.45) is 5.92 Å². The molecule has 1 aromatic heterocycles. The van der Waals surface area contributed by atoms with E-state index in [1.165, 1.54) is 30.0 Å². The Morgan fingerprint density at radius 2 is 2.07 bits per heavy atom. The number of thiophene rings is 1. The summed E-state index contributed by atoms with van der Waals surface area (Å²) in [5.74, 6) is 1.01. The summed E-state index contributed by atoms with van der Waals surface area (Å²) in [6, 6.07) is 5.20. The first-order valence-corrected chi connectivity index (χ1v) is 12.8. The van der Waals surface area contributed by atoms with Gasteiger partial charge in [-0.3, -0.25) is 0 Å². The van der Waals surface area contributed by atoms with Crippen molar-refractivity contribution >= 4 is 33.0 Å². The van der Waals surface area contributed by atoms with Gasteiger partial charge in [0.1, 0.15) is 4.21 Å². The molecule has 0 radical (unpaired) electrons. The van der Waals surface area contributed by atoms with E-state index < -0.39 is 21.5 Å². The first-order chi connectivity index (χ1) is 14.1. The van der Waals surface area contributed by atoms with Crippen LogP contribution in [0, 0.1) is 10.7 Å². The third-order valence-corrected chi connectivity index (χ3v) is 9.05. The molecule has 1 heterocycles. The number of carbonyl (C=O) groups excluding carboxylic acids is 1. The summed E-state index contributed by atoms with van der Waals surface area (Å²) in [5, 5.41) is 14.7. The molecule has 0 bridgehead atoms. The molecule has 30 heavy (non-hydrogen) atoms. The van der Waals surface area contributed by atoms with E-state index in [0.717, 1.165) is 41.9 Å².